The lowest BCUT2D eigenvalue weighted by Gasteiger charge is -2.43. The summed E-state index contributed by atoms with van der Waals surface area (Å²) in [6.45, 7) is 1.42. The van der Waals surface area contributed by atoms with Gasteiger partial charge >= 0.3 is 0 Å². The molecule has 2 fully saturated rings. The molecule has 0 bridgehead atoms. The molecule has 1 aliphatic heterocycles. The number of halogens is 2. The largest absolute Gasteiger partial charge is 0.375 e. The van der Waals surface area contributed by atoms with Gasteiger partial charge in [-0.25, -0.2) is 4.39 Å². The van der Waals surface area contributed by atoms with E-state index in [0.717, 1.165) is 29.5 Å². The van der Waals surface area contributed by atoms with Crippen LogP contribution in [0.2, 0.25) is 0 Å². The fraction of sp³-hybridized carbons (Fsp3) is 0.647. The monoisotopic (exact) mass is 355 g/mol. The van der Waals surface area contributed by atoms with Gasteiger partial charge in [0.25, 0.3) is 0 Å². The van der Waals surface area contributed by atoms with E-state index in [4.69, 9.17) is 4.74 Å². The van der Waals surface area contributed by atoms with E-state index in [1.165, 1.54) is 38.2 Å². The molecule has 4 heteroatoms. The predicted octanol–water partition coefficient (Wildman–Crippen LogP) is 4.56. The van der Waals surface area contributed by atoms with Crippen LogP contribution in [0.1, 0.15) is 50.5 Å². The molecule has 0 radical (unpaired) electrons. The average molecular weight is 356 g/mol. The second-order valence-electron chi connectivity index (χ2n) is 6.40. The van der Waals surface area contributed by atoms with Crippen molar-refractivity contribution in [1.82, 2.24) is 5.32 Å². The summed E-state index contributed by atoms with van der Waals surface area (Å²) >= 11 is 3.41. The molecule has 3 rings (SSSR count). The summed E-state index contributed by atoms with van der Waals surface area (Å²) in [6, 6.07) is 5.56. The van der Waals surface area contributed by atoms with Crippen molar-refractivity contribution in [2.75, 3.05) is 6.61 Å². The van der Waals surface area contributed by atoms with E-state index in [1.54, 1.807) is 6.07 Å². The lowest BCUT2D eigenvalue weighted by Crippen LogP contribution is -2.47. The molecule has 1 atom stereocenters. The molecule has 1 saturated carbocycles. The van der Waals surface area contributed by atoms with Crippen molar-refractivity contribution in [1.29, 1.82) is 0 Å². The highest BCUT2D eigenvalue weighted by Gasteiger charge is 2.38. The second kappa shape index (κ2) is 6.76. The zero-order valence-corrected chi connectivity index (χ0v) is 13.9. The molecule has 1 aromatic rings. The molecule has 1 unspecified atom stereocenters. The van der Waals surface area contributed by atoms with Crippen molar-refractivity contribution >= 4 is 15.9 Å². The van der Waals surface area contributed by atoms with Crippen LogP contribution in [-0.4, -0.2) is 18.2 Å². The Morgan fingerprint density at radius 2 is 2.10 bits per heavy atom. The maximum absolute atomic E-state index is 13.8. The van der Waals surface area contributed by atoms with Crippen LogP contribution in [0.4, 0.5) is 4.39 Å². The van der Waals surface area contributed by atoms with E-state index in [2.05, 4.69) is 21.2 Å². The van der Waals surface area contributed by atoms with Crippen molar-refractivity contribution in [2.24, 2.45) is 0 Å². The molecule has 2 aliphatic rings. The Balaban J connectivity index is 1.58. The predicted molar refractivity (Wildman–Crippen MR) is 85.7 cm³/mol. The highest BCUT2D eigenvalue weighted by molar-refractivity contribution is 9.10. The lowest BCUT2D eigenvalue weighted by molar-refractivity contribution is -0.109. The topological polar surface area (TPSA) is 21.3 Å². The van der Waals surface area contributed by atoms with E-state index in [9.17, 15) is 4.39 Å². The van der Waals surface area contributed by atoms with Gasteiger partial charge in [0.15, 0.2) is 0 Å². The summed E-state index contributed by atoms with van der Waals surface area (Å²) in [6.07, 6.45) is 8.39. The van der Waals surface area contributed by atoms with Crippen LogP contribution < -0.4 is 5.32 Å². The molecule has 0 amide bonds. The number of ether oxygens (including phenoxy) is 1. The van der Waals surface area contributed by atoms with Crippen LogP contribution in [0.25, 0.3) is 0 Å². The first-order valence-electron chi connectivity index (χ1n) is 7.98. The molecule has 1 aliphatic carbocycles. The van der Waals surface area contributed by atoms with Gasteiger partial charge in [0.05, 0.1) is 5.60 Å². The Morgan fingerprint density at radius 3 is 2.90 bits per heavy atom. The molecule has 116 valence electrons. The van der Waals surface area contributed by atoms with E-state index in [1.807, 2.05) is 6.07 Å². The SMILES string of the molecule is Fc1ccc(Br)cc1CNC1CCOC2(CCCCC2)C1. The van der Waals surface area contributed by atoms with Gasteiger partial charge in [0, 0.05) is 29.2 Å². The van der Waals surface area contributed by atoms with Crippen LogP contribution in [-0.2, 0) is 11.3 Å². The van der Waals surface area contributed by atoms with E-state index in [0.29, 0.717) is 12.6 Å². The summed E-state index contributed by atoms with van der Waals surface area (Å²) in [4.78, 5) is 0. The Hall–Kier alpha value is -0.450. The third-order valence-electron chi connectivity index (χ3n) is 4.85. The van der Waals surface area contributed by atoms with Gasteiger partial charge in [0.2, 0.25) is 0 Å². The van der Waals surface area contributed by atoms with Gasteiger partial charge in [0.1, 0.15) is 5.82 Å². The number of nitrogens with one attached hydrogen (secondary N) is 1. The minimum Gasteiger partial charge on any atom is -0.375 e. The standard InChI is InChI=1S/C17H23BrFNO/c18-14-4-5-16(19)13(10-14)12-20-15-6-9-21-17(11-15)7-2-1-3-8-17/h4-5,10,15,20H,1-3,6-9,11-12H2. The quantitative estimate of drug-likeness (QED) is 0.857. The second-order valence-corrected chi connectivity index (χ2v) is 7.31. The van der Waals surface area contributed by atoms with Gasteiger partial charge in [-0.2, -0.15) is 0 Å². The highest BCUT2D eigenvalue weighted by atomic mass is 79.9. The zero-order valence-electron chi connectivity index (χ0n) is 12.3. The third-order valence-corrected chi connectivity index (χ3v) is 5.34. The van der Waals surface area contributed by atoms with Crippen LogP contribution in [0.3, 0.4) is 0 Å². The first-order chi connectivity index (χ1) is 10.2. The number of benzene rings is 1. The molecule has 1 heterocycles. The molecule has 21 heavy (non-hydrogen) atoms. The molecule has 1 N–H and O–H groups in total. The molecule has 1 spiro atoms. The Kier molecular flexibility index (Phi) is 4.97. The summed E-state index contributed by atoms with van der Waals surface area (Å²) in [7, 11) is 0. The lowest BCUT2D eigenvalue weighted by atomic mass is 9.78. The van der Waals surface area contributed by atoms with E-state index in [-0.39, 0.29) is 11.4 Å². The van der Waals surface area contributed by atoms with Gasteiger partial charge < -0.3 is 10.1 Å². The van der Waals surface area contributed by atoms with Crippen molar-refractivity contribution in [2.45, 2.75) is 63.1 Å². The first kappa shape index (κ1) is 15.4. The maximum Gasteiger partial charge on any atom is 0.127 e. The summed E-state index contributed by atoms with van der Waals surface area (Å²) in [5, 5.41) is 3.54. The fourth-order valence-electron chi connectivity index (χ4n) is 3.68. The molecule has 2 nitrogen and oxygen atoms in total. The van der Waals surface area contributed by atoms with Crippen LogP contribution in [0.15, 0.2) is 22.7 Å². The molecule has 1 saturated heterocycles. The van der Waals surface area contributed by atoms with Gasteiger partial charge in [-0.05, 0) is 43.9 Å². The third kappa shape index (κ3) is 3.85. The first-order valence-corrected chi connectivity index (χ1v) is 8.77. The fourth-order valence-corrected chi connectivity index (χ4v) is 4.09. The number of hydrogen-bond donors (Lipinski definition) is 1. The van der Waals surface area contributed by atoms with Crippen LogP contribution in [0.5, 0.6) is 0 Å². The highest BCUT2D eigenvalue weighted by Crippen LogP contribution is 2.38. The molecular formula is C17H23BrFNO. The van der Waals surface area contributed by atoms with Gasteiger partial charge in [-0.1, -0.05) is 35.2 Å². The van der Waals surface area contributed by atoms with E-state index >= 15 is 0 Å². The Labute approximate surface area is 134 Å². The van der Waals surface area contributed by atoms with E-state index < -0.39 is 0 Å². The summed E-state index contributed by atoms with van der Waals surface area (Å²) < 4.78 is 20.8. The molecule has 0 aromatic heterocycles. The summed E-state index contributed by atoms with van der Waals surface area (Å²) in [5.41, 5.74) is 0.831. The average Bonchev–Trinajstić information content (AvgIpc) is 2.49. The maximum atomic E-state index is 13.8. The zero-order chi connectivity index (χ0) is 14.7. The molecule has 1 aromatic carbocycles. The van der Waals surface area contributed by atoms with Gasteiger partial charge in [-0.3, -0.25) is 0 Å². The minimum atomic E-state index is -0.134. The van der Waals surface area contributed by atoms with Crippen molar-refractivity contribution in [3.05, 3.63) is 34.1 Å². The Bertz CT molecular complexity index is 482. The molecular weight excluding hydrogens is 333 g/mol. The smallest absolute Gasteiger partial charge is 0.127 e. The van der Waals surface area contributed by atoms with Crippen molar-refractivity contribution < 1.29 is 9.13 Å². The Morgan fingerprint density at radius 1 is 1.29 bits per heavy atom. The van der Waals surface area contributed by atoms with Crippen LogP contribution >= 0.6 is 15.9 Å². The normalized spacial score (nSPS) is 25.1. The van der Waals surface area contributed by atoms with Gasteiger partial charge in [-0.15, -0.1) is 0 Å². The van der Waals surface area contributed by atoms with Crippen LogP contribution in [0, 0.1) is 5.82 Å². The van der Waals surface area contributed by atoms with Crippen molar-refractivity contribution in [3.8, 4) is 0 Å². The number of hydrogen-bond acceptors (Lipinski definition) is 2. The minimum absolute atomic E-state index is 0.101. The van der Waals surface area contributed by atoms with Crippen molar-refractivity contribution in [3.63, 3.8) is 0 Å². The summed E-state index contributed by atoms with van der Waals surface area (Å²) in [5.74, 6) is -0.134. The number of rotatable bonds is 3.